The lowest BCUT2D eigenvalue weighted by Crippen LogP contribution is -2.33. The number of nitrogens with one attached hydrogen (secondary N) is 2. The van der Waals surface area contributed by atoms with Crippen LogP contribution in [0.4, 0.5) is 0 Å². The maximum atomic E-state index is 4.78. The average Bonchev–Trinajstić information content (AvgIpc) is 3.35. The van der Waals surface area contributed by atoms with Gasteiger partial charge in [0, 0.05) is 33.9 Å². The number of hydrogen-bond donors (Lipinski definition) is 2. The van der Waals surface area contributed by atoms with E-state index in [1.807, 2.05) is 26.0 Å². The lowest BCUT2D eigenvalue weighted by molar-refractivity contribution is 0.199. The van der Waals surface area contributed by atoms with E-state index >= 15 is 0 Å². The molecule has 0 radical (unpaired) electrons. The molecule has 4 aromatic rings. The van der Waals surface area contributed by atoms with Crippen LogP contribution in [0.3, 0.4) is 0 Å². The van der Waals surface area contributed by atoms with Gasteiger partial charge in [0.1, 0.15) is 5.82 Å². The summed E-state index contributed by atoms with van der Waals surface area (Å²) in [5.41, 5.74) is 7.46. The quantitative estimate of drug-likeness (QED) is 0.539. The molecule has 1 fully saturated rings. The van der Waals surface area contributed by atoms with E-state index in [1.165, 1.54) is 5.69 Å². The summed E-state index contributed by atoms with van der Waals surface area (Å²) in [7, 11) is 0. The summed E-state index contributed by atoms with van der Waals surface area (Å²) < 4.78 is 0. The number of aromatic nitrogens is 6. The second-order valence-electron chi connectivity index (χ2n) is 8.31. The number of para-hydroxylation sites is 1. The molecule has 0 atom stereocenters. The summed E-state index contributed by atoms with van der Waals surface area (Å²) in [6, 6.07) is 10.4. The number of fused-ring (bicyclic) bond motifs is 1. The molecule has 1 saturated heterocycles. The van der Waals surface area contributed by atoms with Crippen LogP contribution >= 0.6 is 0 Å². The largest absolute Gasteiger partial charge is 0.296 e. The van der Waals surface area contributed by atoms with Crippen LogP contribution in [0.15, 0.2) is 30.3 Å². The molecule has 3 aromatic heterocycles. The van der Waals surface area contributed by atoms with Crippen LogP contribution in [0.5, 0.6) is 0 Å². The van der Waals surface area contributed by atoms with Crippen LogP contribution in [0.1, 0.15) is 47.4 Å². The van der Waals surface area contributed by atoms with Gasteiger partial charge in [-0.25, -0.2) is 9.97 Å². The maximum Gasteiger partial charge on any atom is 0.143 e. The van der Waals surface area contributed by atoms with E-state index in [9.17, 15) is 0 Å². The minimum Gasteiger partial charge on any atom is -0.296 e. The molecule has 0 saturated carbocycles. The smallest absolute Gasteiger partial charge is 0.143 e. The Hall–Kier alpha value is -3.06. The number of nitrogens with zero attached hydrogens (tertiary/aromatic N) is 5. The molecule has 0 amide bonds. The zero-order valence-electron chi connectivity index (χ0n) is 17.7. The van der Waals surface area contributed by atoms with Crippen molar-refractivity contribution < 1.29 is 0 Å². The molecule has 7 heteroatoms. The van der Waals surface area contributed by atoms with E-state index < -0.39 is 0 Å². The maximum absolute atomic E-state index is 4.78. The molecule has 7 nitrogen and oxygen atoms in total. The van der Waals surface area contributed by atoms with Gasteiger partial charge in [0.15, 0.2) is 0 Å². The molecule has 30 heavy (non-hydrogen) atoms. The molecule has 0 aliphatic carbocycles. The first-order valence-electron chi connectivity index (χ1n) is 10.6. The highest BCUT2D eigenvalue weighted by Crippen LogP contribution is 2.31. The Morgan fingerprint density at radius 1 is 0.967 bits per heavy atom. The van der Waals surface area contributed by atoms with E-state index in [0.717, 1.165) is 77.5 Å². The van der Waals surface area contributed by atoms with Crippen LogP contribution in [0, 0.1) is 20.8 Å². The molecule has 1 aliphatic heterocycles. The lowest BCUT2D eigenvalue weighted by atomic mass is 9.93. The fraction of sp³-hybridized carbons (Fsp3) is 0.391. The predicted molar refractivity (Wildman–Crippen MR) is 117 cm³/mol. The van der Waals surface area contributed by atoms with Crippen LogP contribution in [0.2, 0.25) is 0 Å². The number of aryl methyl sites for hydroxylation is 3. The average molecular weight is 402 g/mol. The predicted octanol–water partition coefficient (Wildman–Crippen LogP) is 4.05. The molecule has 0 bridgehead atoms. The highest BCUT2D eigenvalue weighted by atomic mass is 15.2. The van der Waals surface area contributed by atoms with Crippen molar-refractivity contribution in [2.45, 2.75) is 46.1 Å². The second-order valence-corrected chi connectivity index (χ2v) is 8.31. The highest BCUT2D eigenvalue weighted by molar-refractivity contribution is 5.80. The Labute approximate surface area is 175 Å². The number of hydrogen-bond acceptors (Lipinski definition) is 5. The first kappa shape index (κ1) is 18.9. The van der Waals surface area contributed by atoms with Crippen LogP contribution < -0.4 is 0 Å². The summed E-state index contributed by atoms with van der Waals surface area (Å²) in [6.45, 7) is 9.01. The topological polar surface area (TPSA) is 86.4 Å². The van der Waals surface area contributed by atoms with Crippen LogP contribution in [0.25, 0.3) is 22.2 Å². The normalized spacial score (nSPS) is 15.8. The molecular weight excluding hydrogens is 374 g/mol. The van der Waals surface area contributed by atoms with Crippen molar-refractivity contribution in [1.29, 1.82) is 0 Å². The van der Waals surface area contributed by atoms with Crippen LogP contribution in [-0.2, 0) is 6.54 Å². The van der Waals surface area contributed by atoms with Crippen molar-refractivity contribution >= 4 is 10.9 Å². The minimum absolute atomic E-state index is 0.509. The summed E-state index contributed by atoms with van der Waals surface area (Å²) in [6.07, 6.45) is 2.22. The van der Waals surface area contributed by atoms with Gasteiger partial charge >= 0.3 is 0 Å². The molecule has 5 rings (SSSR count). The Bertz CT molecular complexity index is 1160. The molecule has 4 heterocycles. The SMILES string of the molecule is Cc1n[nH]c(C)c1-c1cc(C2CCN(Cc3nc(C)c4ccccc4n3)CC2)[nH]n1. The zero-order valence-corrected chi connectivity index (χ0v) is 17.7. The number of piperidine rings is 1. The standard InChI is InChI=1S/C23H27N7/c1-14-18-6-4-5-7-19(18)25-22(24-14)13-30-10-8-17(9-11-30)20-12-21(29-28-20)23-15(2)26-27-16(23)3/h4-7,12,17H,8-11,13H2,1-3H3,(H,26,27)(H,28,29). The third kappa shape index (κ3) is 3.50. The van der Waals surface area contributed by atoms with Crippen molar-refractivity contribution in [3.8, 4) is 11.3 Å². The highest BCUT2D eigenvalue weighted by Gasteiger charge is 2.24. The van der Waals surface area contributed by atoms with Gasteiger partial charge in [-0.3, -0.25) is 15.1 Å². The first-order valence-corrected chi connectivity index (χ1v) is 10.6. The van der Waals surface area contributed by atoms with E-state index in [0.29, 0.717) is 5.92 Å². The summed E-state index contributed by atoms with van der Waals surface area (Å²) in [5.74, 6) is 1.42. The Morgan fingerprint density at radius 2 is 1.77 bits per heavy atom. The van der Waals surface area contributed by atoms with Gasteiger partial charge in [0.25, 0.3) is 0 Å². The number of aromatic amines is 2. The van der Waals surface area contributed by atoms with E-state index in [2.05, 4.69) is 50.4 Å². The number of likely N-dealkylation sites (tertiary alicyclic amines) is 1. The third-order valence-electron chi connectivity index (χ3n) is 6.21. The van der Waals surface area contributed by atoms with Gasteiger partial charge in [0.2, 0.25) is 0 Å². The van der Waals surface area contributed by atoms with Crippen LogP contribution in [-0.4, -0.2) is 48.4 Å². The van der Waals surface area contributed by atoms with Gasteiger partial charge in [-0.2, -0.15) is 10.2 Å². The van der Waals surface area contributed by atoms with Gasteiger partial charge in [-0.1, -0.05) is 18.2 Å². The first-order chi connectivity index (χ1) is 14.6. The van der Waals surface area contributed by atoms with Crippen molar-refractivity contribution in [3.63, 3.8) is 0 Å². The van der Waals surface area contributed by atoms with Gasteiger partial charge in [-0.15, -0.1) is 0 Å². The fourth-order valence-corrected chi connectivity index (χ4v) is 4.57. The Morgan fingerprint density at radius 3 is 2.53 bits per heavy atom. The monoisotopic (exact) mass is 401 g/mol. The van der Waals surface area contributed by atoms with Crippen molar-refractivity contribution in [2.75, 3.05) is 13.1 Å². The molecule has 0 unspecified atom stereocenters. The number of benzene rings is 1. The minimum atomic E-state index is 0.509. The number of rotatable bonds is 4. The fourth-order valence-electron chi connectivity index (χ4n) is 4.57. The summed E-state index contributed by atoms with van der Waals surface area (Å²) in [4.78, 5) is 12.0. The van der Waals surface area contributed by atoms with Crippen molar-refractivity contribution in [2.24, 2.45) is 0 Å². The molecule has 0 spiro atoms. The summed E-state index contributed by atoms with van der Waals surface area (Å²) in [5, 5.41) is 16.3. The molecular formula is C23H27N7. The molecule has 154 valence electrons. The van der Waals surface area contributed by atoms with Crippen molar-refractivity contribution in [3.05, 3.63) is 58.9 Å². The molecule has 1 aromatic carbocycles. The summed E-state index contributed by atoms with van der Waals surface area (Å²) >= 11 is 0. The van der Waals surface area contributed by atoms with Gasteiger partial charge < -0.3 is 0 Å². The van der Waals surface area contributed by atoms with Gasteiger partial charge in [0.05, 0.1) is 23.4 Å². The van der Waals surface area contributed by atoms with E-state index in [1.54, 1.807) is 0 Å². The molecule has 2 N–H and O–H groups in total. The lowest BCUT2D eigenvalue weighted by Gasteiger charge is -2.30. The van der Waals surface area contributed by atoms with E-state index in [4.69, 9.17) is 9.97 Å². The van der Waals surface area contributed by atoms with E-state index in [-0.39, 0.29) is 0 Å². The number of H-pyrrole nitrogens is 2. The second kappa shape index (κ2) is 7.65. The molecule has 1 aliphatic rings. The zero-order chi connectivity index (χ0) is 20.7. The third-order valence-corrected chi connectivity index (χ3v) is 6.21. The van der Waals surface area contributed by atoms with Gasteiger partial charge in [-0.05, 0) is 58.8 Å². The van der Waals surface area contributed by atoms with Crippen molar-refractivity contribution in [1.82, 2.24) is 35.3 Å². The Kier molecular flexibility index (Phi) is 4.83. The Balaban J connectivity index is 1.25.